The van der Waals surface area contributed by atoms with E-state index in [1.54, 1.807) is 12.1 Å². The van der Waals surface area contributed by atoms with Gasteiger partial charge in [-0.05, 0) is 51.3 Å². The van der Waals surface area contributed by atoms with Gasteiger partial charge in [0.05, 0.1) is 17.1 Å². The number of anilines is 1. The molecule has 24 heavy (non-hydrogen) atoms. The average Bonchev–Trinajstić information content (AvgIpc) is 2.98. The van der Waals surface area contributed by atoms with E-state index in [-0.39, 0.29) is 11.9 Å². The Bertz CT molecular complexity index is 729. The molecule has 128 valence electrons. The van der Waals surface area contributed by atoms with E-state index in [0.717, 1.165) is 36.5 Å². The van der Waals surface area contributed by atoms with E-state index in [0.29, 0.717) is 17.1 Å². The molecule has 0 saturated carbocycles. The maximum atomic E-state index is 12.7. The number of halogens is 1. The number of hydrogen-bond acceptors (Lipinski definition) is 4. The number of piperidine rings is 1. The van der Waals surface area contributed by atoms with Crippen LogP contribution in [-0.2, 0) is 6.54 Å². The molecular formula is C18H22ClN3O2. The summed E-state index contributed by atoms with van der Waals surface area (Å²) in [6.45, 7) is 5.31. The van der Waals surface area contributed by atoms with Crippen molar-refractivity contribution in [3.8, 4) is 0 Å². The molecule has 0 radical (unpaired) electrons. The smallest absolute Gasteiger partial charge is 0.255 e. The number of aryl methyl sites for hydroxylation is 1. The first-order valence-corrected chi connectivity index (χ1v) is 8.69. The van der Waals surface area contributed by atoms with Gasteiger partial charge >= 0.3 is 0 Å². The summed E-state index contributed by atoms with van der Waals surface area (Å²) in [4.78, 5) is 14.6. The molecule has 1 aliphatic rings. The SMILES string of the molecule is Cc1cc(CNc2ccc(C(=O)N3CCCC[C@@H]3C)c(Cl)c2)no1. The highest BCUT2D eigenvalue weighted by molar-refractivity contribution is 6.34. The quantitative estimate of drug-likeness (QED) is 0.897. The van der Waals surface area contributed by atoms with Crippen LogP contribution in [0.2, 0.25) is 5.02 Å². The summed E-state index contributed by atoms with van der Waals surface area (Å²) in [7, 11) is 0. The van der Waals surface area contributed by atoms with Crippen molar-refractivity contribution in [3.63, 3.8) is 0 Å². The van der Waals surface area contributed by atoms with Gasteiger partial charge in [-0.3, -0.25) is 4.79 Å². The summed E-state index contributed by atoms with van der Waals surface area (Å²) < 4.78 is 5.04. The summed E-state index contributed by atoms with van der Waals surface area (Å²) in [5, 5.41) is 7.65. The van der Waals surface area contributed by atoms with E-state index in [1.807, 2.05) is 24.0 Å². The van der Waals surface area contributed by atoms with Gasteiger partial charge in [-0.1, -0.05) is 16.8 Å². The van der Waals surface area contributed by atoms with E-state index in [2.05, 4.69) is 17.4 Å². The zero-order chi connectivity index (χ0) is 17.1. The molecule has 6 heteroatoms. The predicted octanol–water partition coefficient (Wildman–Crippen LogP) is 4.26. The molecule has 0 bridgehead atoms. The Morgan fingerprint density at radius 3 is 2.92 bits per heavy atom. The molecule has 0 unspecified atom stereocenters. The lowest BCUT2D eigenvalue weighted by Crippen LogP contribution is -2.42. The summed E-state index contributed by atoms with van der Waals surface area (Å²) >= 11 is 6.36. The Hall–Kier alpha value is -2.01. The van der Waals surface area contributed by atoms with Crippen molar-refractivity contribution < 1.29 is 9.32 Å². The third-order valence-corrected chi connectivity index (χ3v) is 4.73. The van der Waals surface area contributed by atoms with E-state index in [1.165, 1.54) is 6.42 Å². The van der Waals surface area contributed by atoms with Gasteiger partial charge in [0.2, 0.25) is 0 Å². The van der Waals surface area contributed by atoms with Crippen molar-refractivity contribution in [2.24, 2.45) is 0 Å². The highest BCUT2D eigenvalue weighted by atomic mass is 35.5. The Morgan fingerprint density at radius 1 is 1.42 bits per heavy atom. The van der Waals surface area contributed by atoms with Crippen LogP contribution in [0.5, 0.6) is 0 Å². The third kappa shape index (κ3) is 3.73. The lowest BCUT2D eigenvalue weighted by atomic mass is 10.0. The van der Waals surface area contributed by atoms with Crippen molar-refractivity contribution in [2.45, 2.75) is 45.7 Å². The number of rotatable bonds is 4. The number of carbonyl (C=O) groups excluding carboxylic acids is 1. The van der Waals surface area contributed by atoms with Gasteiger partial charge in [0, 0.05) is 24.3 Å². The summed E-state index contributed by atoms with van der Waals surface area (Å²) in [6, 6.07) is 7.61. The topological polar surface area (TPSA) is 58.4 Å². The number of aromatic nitrogens is 1. The van der Waals surface area contributed by atoms with Gasteiger partial charge < -0.3 is 14.7 Å². The van der Waals surface area contributed by atoms with Crippen LogP contribution in [-0.4, -0.2) is 28.6 Å². The van der Waals surface area contributed by atoms with Crippen LogP contribution in [0.3, 0.4) is 0 Å². The summed E-state index contributed by atoms with van der Waals surface area (Å²) in [5.74, 6) is 0.798. The fourth-order valence-corrected chi connectivity index (χ4v) is 3.31. The predicted molar refractivity (Wildman–Crippen MR) is 94.4 cm³/mol. The molecule has 0 spiro atoms. The fraction of sp³-hybridized carbons (Fsp3) is 0.444. The molecular weight excluding hydrogens is 326 g/mol. The summed E-state index contributed by atoms with van der Waals surface area (Å²) in [5.41, 5.74) is 2.24. The van der Waals surface area contributed by atoms with Crippen LogP contribution in [0.15, 0.2) is 28.8 Å². The van der Waals surface area contributed by atoms with Crippen LogP contribution in [0.1, 0.15) is 48.0 Å². The lowest BCUT2D eigenvalue weighted by Gasteiger charge is -2.33. The number of hydrogen-bond donors (Lipinski definition) is 1. The average molecular weight is 348 g/mol. The minimum Gasteiger partial charge on any atom is -0.379 e. The van der Waals surface area contributed by atoms with Gasteiger partial charge in [-0.25, -0.2) is 0 Å². The van der Waals surface area contributed by atoms with Crippen molar-refractivity contribution in [2.75, 3.05) is 11.9 Å². The first kappa shape index (κ1) is 16.8. The van der Waals surface area contributed by atoms with Crippen molar-refractivity contribution in [1.82, 2.24) is 10.1 Å². The highest BCUT2D eigenvalue weighted by Gasteiger charge is 2.25. The van der Waals surface area contributed by atoms with Crippen LogP contribution in [0, 0.1) is 6.92 Å². The molecule has 2 heterocycles. The van der Waals surface area contributed by atoms with Crippen LogP contribution >= 0.6 is 11.6 Å². The van der Waals surface area contributed by atoms with Crippen LogP contribution in [0.4, 0.5) is 5.69 Å². The van der Waals surface area contributed by atoms with Gasteiger partial charge in [-0.15, -0.1) is 0 Å². The van der Waals surface area contributed by atoms with E-state index in [4.69, 9.17) is 16.1 Å². The third-order valence-electron chi connectivity index (χ3n) is 4.41. The molecule has 0 aliphatic carbocycles. The molecule has 1 aromatic heterocycles. The fourth-order valence-electron chi connectivity index (χ4n) is 3.05. The standard InChI is InChI=1S/C18H22ClN3O2/c1-12-5-3-4-8-22(12)18(23)16-7-6-14(10-17(16)19)20-11-15-9-13(2)24-21-15/h6-7,9-10,12,20H,3-5,8,11H2,1-2H3/t12-/m0/s1. The van der Waals surface area contributed by atoms with E-state index in [9.17, 15) is 4.79 Å². The second-order valence-corrected chi connectivity index (χ2v) is 6.73. The normalized spacial score (nSPS) is 17.8. The Morgan fingerprint density at radius 2 is 2.25 bits per heavy atom. The summed E-state index contributed by atoms with van der Waals surface area (Å²) in [6.07, 6.45) is 3.30. The van der Waals surface area contributed by atoms with Gasteiger partial charge in [0.25, 0.3) is 5.91 Å². The molecule has 1 atom stereocenters. The molecule has 1 N–H and O–H groups in total. The second kappa shape index (κ2) is 7.26. The molecule has 3 rings (SSSR count). The van der Waals surface area contributed by atoms with Crippen molar-refractivity contribution in [1.29, 1.82) is 0 Å². The monoisotopic (exact) mass is 347 g/mol. The number of amides is 1. The Labute approximate surface area is 147 Å². The second-order valence-electron chi connectivity index (χ2n) is 6.32. The van der Waals surface area contributed by atoms with Gasteiger partial charge in [0.1, 0.15) is 11.5 Å². The largest absolute Gasteiger partial charge is 0.379 e. The molecule has 1 aliphatic heterocycles. The minimum absolute atomic E-state index is 0.0193. The molecule has 1 fully saturated rings. The maximum absolute atomic E-state index is 12.7. The molecule has 1 saturated heterocycles. The Kier molecular flexibility index (Phi) is 5.09. The zero-order valence-corrected chi connectivity index (χ0v) is 14.8. The number of nitrogens with one attached hydrogen (secondary N) is 1. The lowest BCUT2D eigenvalue weighted by molar-refractivity contribution is 0.0636. The van der Waals surface area contributed by atoms with Gasteiger partial charge in [0.15, 0.2) is 0 Å². The van der Waals surface area contributed by atoms with Crippen molar-refractivity contribution >= 4 is 23.2 Å². The Balaban J connectivity index is 1.68. The number of likely N-dealkylation sites (tertiary alicyclic amines) is 1. The maximum Gasteiger partial charge on any atom is 0.255 e. The van der Waals surface area contributed by atoms with E-state index >= 15 is 0 Å². The molecule has 5 nitrogen and oxygen atoms in total. The van der Waals surface area contributed by atoms with Crippen LogP contribution < -0.4 is 5.32 Å². The highest BCUT2D eigenvalue weighted by Crippen LogP contribution is 2.26. The first-order chi connectivity index (χ1) is 11.5. The first-order valence-electron chi connectivity index (χ1n) is 8.31. The molecule has 1 aromatic carbocycles. The van der Waals surface area contributed by atoms with E-state index < -0.39 is 0 Å². The zero-order valence-electron chi connectivity index (χ0n) is 14.0. The number of carbonyl (C=O) groups is 1. The molecule has 1 amide bonds. The molecule has 2 aromatic rings. The van der Waals surface area contributed by atoms with Crippen molar-refractivity contribution in [3.05, 3.63) is 46.3 Å². The minimum atomic E-state index is 0.0193. The number of nitrogens with zero attached hydrogens (tertiary/aromatic N) is 2. The number of benzene rings is 1. The van der Waals surface area contributed by atoms with Gasteiger partial charge in [-0.2, -0.15) is 0 Å². The van der Waals surface area contributed by atoms with Crippen LogP contribution in [0.25, 0.3) is 0 Å².